The van der Waals surface area contributed by atoms with Crippen molar-refractivity contribution in [3.63, 3.8) is 0 Å². The minimum absolute atomic E-state index is 0.297. The number of hydrogen-bond donors (Lipinski definition) is 0. The van der Waals surface area contributed by atoms with Crippen molar-refractivity contribution < 1.29 is 13.7 Å². The van der Waals surface area contributed by atoms with Crippen LogP contribution in [0.2, 0.25) is 0 Å². The Hall–Kier alpha value is -4.19. The summed E-state index contributed by atoms with van der Waals surface area (Å²) in [6.07, 6.45) is 1.90. The van der Waals surface area contributed by atoms with Crippen molar-refractivity contribution in [2.24, 2.45) is 0 Å². The lowest BCUT2D eigenvalue weighted by atomic mass is 10.1. The molecule has 5 rings (SSSR count). The van der Waals surface area contributed by atoms with E-state index in [1.807, 2.05) is 66.9 Å². The van der Waals surface area contributed by atoms with Crippen LogP contribution in [-0.2, 0) is 0 Å². The molecule has 0 aliphatic heterocycles. The van der Waals surface area contributed by atoms with Gasteiger partial charge < -0.3 is 9.26 Å². The van der Waals surface area contributed by atoms with Gasteiger partial charge >= 0.3 is 0 Å². The second-order valence-corrected chi connectivity index (χ2v) is 6.99. The number of aromatic nitrogens is 3. The minimum Gasteiger partial charge on any atom is -0.497 e. The first-order valence-corrected chi connectivity index (χ1v) is 9.74. The fourth-order valence-corrected chi connectivity index (χ4v) is 3.41. The maximum absolute atomic E-state index is 13.5. The van der Waals surface area contributed by atoms with Crippen molar-refractivity contribution in [2.45, 2.75) is 0 Å². The van der Waals surface area contributed by atoms with Crippen LogP contribution in [-0.4, -0.2) is 22.0 Å². The molecule has 5 nitrogen and oxygen atoms in total. The predicted octanol–water partition coefficient (Wildman–Crippen LogP) is 6.01. The van der Waals surface area contributed by atoms with Crippen molar-refractivity contribution in [1.29, 1.82) is 0 Å². The first-order valence-electron chi connectivity index (χ1n) is 9.74. The Bertz CT molecular complexity index is 1320. The van der Waals surface area contributed by atoms with Gasteiger partial charge in [-0.2, -0.15) is 5.10 Å². The zero-order chi connectivity index (χ0) is 21.2. The number of ether oxygens (including phenoxy) is 1. The standard InChI is InChI=1S/C25H18FN3O2/c1-30-21-9-5-6-18(14-21)24-15-23(28-31-24)22-16-29(20-7-3-2-4-8-20)27-25(22)17-10-12-19(26)13-11-17/h2-16H,1H3. The van der Waals surface area contributed by atoms with Crippen LogP contribution in [0.15, 0.2) is 95.6 Å². The largest absolute Gasteiger partial charge is 0.497 e. The maximum atomic E-state index is 13.5. The molecule has 0 saturated carbocycles. The van der Waals surface area contributed by atoms with Crippen LogP contribution >= 0.6 is 0 Å². The van der Waals surface area contributed by atoms with Gasteiger partial charge in [0.25, 0.3) is 0 Å². The third kappa shape index (κ3) is 3.71. The first-order chi connectivity index (χ1) is 15.2. The van der Waals surface area contributed by atoms with Crippen LogP contribution in [0.5, 0.6) is 5.75 Å². The van der Waals surface area contributed by atoms with Crippen LogP contribution in [0.25, 0.3) is 39.5 Å². The second-order valence-electron chi connectivity index (χ2n) is 6.99. The van der Waals surface area contributed by atoms with Gasteiger partial charge in [0.2, 0.25) is 0 Å². The quantitative estimate of drug-likeness (QED) is 0.355. The molecule has 0 unspecified atom stereocenters. The summed E-state index contributed by atoms with van der Waals surface area (Å²) in [5, 5.41) is 9.04. The maximum Gasteiger partial charge on any atom is 0.167 e. The van der Waals surface area contributed by atoms with Crippen LogP contribution in [0.4, 0.5) is 4.39 Å². The number of methoxy groups -OCH3 is 1. The minimum atomic E-state index is -0.297. The molecule has 0 spiro atoms. The molecule has 0 aliphatic rings. The Labute approximate surface area is 178 Å². The van der Waals surface area contributed by atoms with E-state index in [9.17, 15) is 4.39 Å². The third-order valence-corrected chi connectivity index (χ3v) is 4.99. The number of halogens is 1. The molecule has 0 amide bonds. The van der Waals surface area contributed by atoms with Crippen molar-refractivity contribution in [2.75, 3.05) is 7.11 Å². The highest BCUT2D eigenvalue weighted by Crippen LogP contribution is 2.34. The molecule has 0 N–H and O–H groups in total. The van der Waals surface area contributed by atoms with Gasteiger partial charge in [0, 0.05) is 23.4 Å². The molecule has 0 aliphatic carbocycles. The van der Waals surface area contributed by atoms with Gasteiger partial charge in [-0.05, 0) is 48.5 Å². The molecule has 0 saturated heterocycles. The molecule has 0 fully saturated rings. The smallest absolute Gasteiger partial charge is 0.167 e. The van der Waals surface area contributed by atoms with Crippen molar-refractivity contribution in [3.8, 4) is 45.3 Å². The Kier molecular flexibility index (Phi) is 4.80. The average molecular weight is 411 g/mol. The number of nitrogens with zero attached hydrogens (tertiary/aromatic N) is 3. The summed E-state index contributed by atoms with van der Waals surface area (Å²) in [6.45, 7) is 0. The van der Waals surface area contributed by atoms with E-state index < -0.39 is 0 Å². The lowest BCUT2D eigenvalue weighted by Crippen LogP contribution is -1.94. The Morgan fingerprint density at radius 2 is 1.68 bits per heavy atom. The molecule has 2 aromatic heterocycles. The summed E-state index contributed by atoms with van der Waals surface area (Å²) in [6, 6.07) is 25.5. The molecule has 0 bridgehead atoms. The van der Waals surface area contributed by atoms with Crippen LogP contribution < -0.4 is 4.74 Å². The van der Waals surface area contributed by atoms with E-state index in [2.05, 4.69) is 5.16 Å². The fraction of sp³-hybridized carbons (Fsp3) is 0.0400. The van der Waals surface area contributed by atoms with Gasteiger partial charge in [0.15, 0.2) is 5.76 Å². The van der Waals surface area contributed by atoms with Gasteiger partial charge in [0.1, 0.15) is 23.0 Å². The molecule has 0 radical (unpaired) electrons. The number of para-hydroxylation sites is 1. The van der Waals surface area contributed by atoms with Gasteiger partial charge in [-0.3, -0.25) is 0 Å². The van der Waals surface area contributed by atoms with Crippen molar-refractivity contribution in [3.05, 3.63) is 96.9 Å². The Morgan fingerprint density at radius 1 is 0.871 bits per heavy atom. The molecule has 31 heavy (non-hydrogen) atoms. The van der Waals surface area contributed by atoms with E-state index in [-0.39, 0.29) is 5.82 Å². The van der Waals surface area contributed by atoms with Crippen molar-refractivity contribution in [1.82, 2.24) is 14.9 Å². The highest BCUT2D eigenvalue weighted by atomic mass is 19.1. The van der Waals surface area contributed by atoms with Crippen LogP contribution in [0.1, 0.15) is 0 Å². The average Bonchev–Trinajstić information content (AvgIpc) is 3.48. The summed E-state index contributed by atoms with van der Waals surface area (Å²) in [5.41, 5.74) is 4.67. The molecule has 5 aromatic rings. The summed E-state index contributed by atoms with van der Waals surface area (Å²) < 4.78 is 26.2. The van der Waals surface area contributed by atoms with Gasteiger partial charge in [-0.1, -0.05) is 35.5 Å². The molecule has 2 heterocycles. The van der Waals surface area contributed by atoms with Gasteiger partial charge in [-0.15, -0.1) is 0 Å². The monoisotopic (exact) mass is 411 g/mol. The highest BCUT2D eigenvalue weighted by Gasteiger charge is 2.18. The molecule has 3 aromatic carbocycles. The Morgan fingerprint density at radius 3 is 2.45 bits per heavy atom. The number of hydrogen-bond acceptors (Lipinski definition) is 4. The molecule has 0 atom stereocenters. The molecular weight excluding hydrogens is 393 g/mol. The molecule has 152 valence electrons. The van der Waals surface area contributed by atoms with Gasteiger partial charge in [-0.25, -0.2) is 9.07 Å². The number of benzene rings is 3. The lowest BCUT2D eigenvalue weighted by molar-refractivity contribution is 0.413. The van der Waals surface area contributed by atoms with E-state index in [4.69, 9.17) is 14.4 Å². The second kappa shape index (κ2) is 7.91. The van der Waals surface area contributed by atoms with E-state index in [1.54, 1.807) is 23.9 Å². The highest BCUT2D eigenvalue weighted by molar-refractivity contribution is 5.80. The fourth-order valence-electron chi connectivity index (χ4n) is 3.41. The molecular formula is C25H18FN3O2. The SMILES string of the molecule is COc1cccc(-c2cc(-c3cn(-c4ccccc4)nc3-c3ccc(F)cc3)no2)c1. The van der Waals surface area contributed by atoms with E-state index in [0.717, 1.165) is 28.1 Å². The van der Waals surface area contributed by atoms with Crippen LogP contribution in [0.3, 0.4) is 0 Å². The van der Waals surface area contributed by atoms with E-state index >= 15 is 0 Å². The number of rotatable bonds is 5. The topological polar surface area (TPSA) is 53.1 Å². The third-order valence-electron chi connectivity index (χ3n) is 4.99. The van der Waals surface area contributed by atoms with Gasteiger partial charge in [0.05, 0.1) is 18.4 Å². The van der Waals surface area contributed by atoms with Crippen molar-refractivity contribution >= 4 is 0 Å². The normalized spacial score (nSPS) is 10.9. The van der Waals surface area contributed by atoms with E-state index in [0.29, 0.717) is 17.1 Å². The summed E-state index contributed by atoms with van der Waals surface area (Å²) >= 11 is 0. The summed E-state index contributed by atoms with van der Waals surface area (Å²) in [4.78, 5) is 0. The van der Waals surface area contributed by atoms with E-state index in [1.165, 1.54) is 12.1 Å². The summed E-state index contributed by atoms with van der Waals surface area (Å²) in [5.74, 6) is 1.06. The lowest BCUT2D eigenvalue weighted by Gasteiger charge is -2.01. The predicted molar refractivity (Wildman–Crippen MR) is 116 cm³/mol. The summed E-state index contributed by atoms with van der Waals surface area (Å²) in [7, 11) is 1.62. The zero-order valence-electron chi connectivity index (χ0n) is 16.7. The molecule has 6 heteroatoms. The first kappa shape index (κ1) is 18.8. The zero-order valence-corrected chi connectivity index (χ0v) is 16.7. The Balaban J connectivity index is 1.62. The van der Waals surface area contributed by atoms with Crippen LogP contribution in [0, 0.1) is 5.82 Å².